The topological polar surface area (TPSA) is 65.1 Å². The van der Waals surface area contributed by atoms with E-state index in [1.165, 1.54) is 0 Å². The molecule has 0 aliphatic rings. The summed E-state index contributed by atoms with van der Waals surface area (Å²) in [7, 11) is 0. The Kier molecular flexibility index (Phi) is 4.19. The van der Waals surface area contributed by atoms with Crippen molar-refractivity contribution in [2.45, 2.75) is 19.9 Å². The summed E-state index contributed by atoms with van der Waals surface area (Å²) >= 11 is 0. The smallest absolute Gasteiger partial charge is 0.307 e. The Labute approximate surface area is 83.3 Å². The van der Waals surface area contributed by atoms with Gasteiger partial charge in [0, 0.05) is 25.0 Å². The van der Waals surface area contributed by atoms with Crippen molar-refractivity contribution in [3.05, 3.63) is 24.0 Å². The molecule has 0 aromatic carbocycles. The standard InChI is InChI=1S/C10H16N2O2/c1-2-8(10(13)14)6-11-7-9-4-3-5-12-9/h3-5,8,11-12H,2,6-7H2,1H3,(H,13,14). The summed E-state index contributed by atoms with van der Waals surface area (Å²) in [6.07, 6.45) is 2.51. The van der Waals surface area contributed by atoms with Crippen molar-refractivity contribution in [3.8, 4) is 0 Å². The summed E-state index contributed by atoms with van der Waals surface area (Å²) in [4.78, 5) is 13.7. The highest BCUT2D eigenvalue weighted by Crippen LogP contribution is 2.01. The van der Waals surface area contributed by atoms with Crippen LogP contribution < -0.4 is 5.32 Å². The molecule has 0 aliphatic carbocycles. The van der Waals surface area contributed by atoms with Crippen LogP contribution in [-0.2, 0) is 11.3 Å². The van der Waals surface area contributed by atoms with Crippen LogP contribution >= 0.6 is 0 Å². The van der Waals surface area contributed by atoms with Gasteiger partial charge in [0.2, 0.25) is 0 Å². The van der Waals surface area contributed by atoms with Gasteiger partial charge in [-0.15, -0.1) is 0 Å². The fourth-order valence-electron chi connectivity index (χ4n) is 1.26. The maximum absolute atomic E-state index is 10.7. The van der Waals surface area contributed by atoms with E-state index < -0.39 is 5.97 Å². The lowest BCUT2D eigenvalue weighted by Crippen LogP contribution is -2.27. The van der Waals surface area contributed by atoms with Gasteiger partial charge in [-0.05, 0) is 18.6 Å². The molecule has 1 aromatic heterocycles. The second-order valence-corrected chi connectivity index (χ2v) is 3.27. The third kappa shape index (κ3) is 3.22. The van der Waals surface area contributed by atoms with E-state index in [0.717, 1.165) is 5.69 Å². The van der Waals surface area contributed by atoms with E-state index in [4.69, 9.17) is 5.11 Å². The summed E-state index contributed by atoms with van der Waals surface area (Å²) in [5.74, 6) is -1.02. The van der Waals surface area contributed by atoms with E-state index in [1.807, 2.05) is 25.3 Å². The number of carboxylic acid groups (broad SMARTS) is 1. The molecule has 4 nitrogen and oxygen atoms in total. The molecule has 4 heteroatoms. The highest BCUT2D eigenvalue weighted by molar-refractivity contribution is 5.70. The quantitative estimate of drug-likeness (QED) is 0.641. The number of carboxylic acids is 1. The summed E-state index contributed by atoms with van der Waals surface area (Å²) in [5, 5.41) is 11.9. The molecule has 78 valence electrons. The lowest BCUT2D eigenvalue weighted by molar-refractivity contribution is -0.141. The fraction of sp³-hybridized carbons (Fsp3) is 0.500. The zero-order chi connectivity index (χ0) is 10.4. The van der Waals surface area contributed by atoms with Gasteiger partial charge in [0.05, 0.1) is 5.92 Å². The minimum absolute atomic E-state index is 0.287. The summed E-state index contributed by atoms with van der Waals surface area (Å²) < 4.78 is 0. The summed E-state index contributed by atoms with van der Waals surface area (Å²) in [5.41, 5.74) is 1.07. The molecule has 3 N–H and O–H groups in total. The normalized spacial score (nSPS) is 12.6. The maximum atomic E-state index is 10.7. The van der Waals surface area contributed by atoms with E-state index in [1.54, 1.807) is 0 Å². The Morgan fingerprint density at radius 1 is 1.71 bits per heavy atom. The SMILES string of the molecule is CCC(CNCc1ccc[nH]1)C(=O)O. The van der Waals surface area contributed by atoms with Crippen LogP contribution in [-0.4, -0.2) is 22.6 Å². The lowest BCUT2D eigenvalue weighted by Gasteiger charge is -2.09. The molecule has 1 rings (SSSR count). The van der Waals surface area contributed by atoms with Crippen LogP contribution in [0.5, 0.6) is 0 Å². The van der Waals surface area contributed by atoms with Gasteiger partial charge in [0.15, 0.2) is 0 Å². The molecule has 1 aromatic rings. The zero-order valence-electron chi connectivity index (χ0n) is 8.29. The third-order valence-electron chi connectivity index (χ3n) is 2.21. The molecular weight excluding hydrogens is 180 g/mol. The van der Waals surface area contributed by atoms with Crippen LogP contribution in [0.25, 0.3) is 0 Å². The van der Waals surface area contributed by atoms with Crippen molar-refractivity contribution >= 4 is 5.97 Å². The predicted octanol–water partition coefficient (Wildman–Crippen LogP) is 1.22. The Morgan fingerprint density at radius 2 is 2.50 bits per heavy atom. The third-order valence-corrected chi connectivity index (χ3v) is 2.21. The van der Waals surface area contributed by atoms with Crippen LogP contribution in [0.1, 0.15) is 19.0 Å². The first-order valence-electron chi connectivity index (χ1n) is 4.79. The molecular formula is C10H16N2O2. The summed E-state index contributed by atoms with van der Waals surface area (Å²) in [6.45, 7) is 3.09. The molecule has 0 radical (unpaired) electrons. The van der Waals surface area contributed by atoms with E-state index in [0.29, 0.717) is 19.5 Å². The van der Waals surface area contributed by atoms with Crippen molar-refractivity contribution in [2.24, 2.45) is 5.92 Å². The second kappa shape index (κ2) is 5.44. The van der Waals surface area contributed by atoms with Gasteiger partial charge in [-0.2, -0.15) is 0 Å². The first-order chi connectivity index (χ1) is 6.74. The zero-order valence-corrected chi connectivity index (χ0v) is 8.29. The molecule has 0 amide bonds. The van der Waals surface area contributed by atoms with Gasteiger partial charge in [0.25, 0.3) is 0 Å². The van der Waals surface area contributed by atoms with Gasteiger partial charge < -0.3 is 15.4 Å². The van der Waals surface area contributed by atoms with Crippen LogP contribution in [0.3, 0.4) is 0 Å². The molecule has 1 atom stereocenters. The van der Waals surface area contributed by atoms with Crippen LogP contribution in [0.15, 0.2) is 18.3 Å². The van der Waals surface area contributed by atoms with Crippen molar-refractivity contribution in [1.29, 1.82) is 0 Å². The number of aromatic amines is 1. The van der Waals surface area contributed by atoms with E-state index >= 15 is 0 Å². The number of rotatable bonds is 6. The van der Waals surface area contributed by atoms with Crippen LogP contribution in [0.2, 0.25) is 0 Å². The average molecular weight is 196 g/mol. The van der Waals surface area contributed by atoms with E-state index in [9.17, 15) is 4.79 Å². The Balaban J connectivity index is 2.23. The number of H-pyrrole nitrogens is 1. The molecule has 0 saturated heterocycles. The summed E-state index contributed by atoms with van der Waals surface area (Å²) in [6, 6.07) is 3.89. The van der Waals surface area contributed by atoms with Crippen LogP contribution in [0.4, 0.5) is 0 Å². The van der Waals surface area contributed by atoms with Crippen molar-refractivity contribution in [1.82, 2.24) is 10.3 Å². The molecule has 0 spiro atoms. The number of nitrogens with one attached hydrogen (secondary N) is 2. The monoisotopic (exact) mass is 196 g/mol. The molecule has 0 saturated carbocycles. The molecule has 1 unspecified atom stereocenters. The molecule has 0 fully saturated rings. The minimum atomic E-state index is -0.730. The van der Waals surface area contributed by atoms with Gasteiger partial charge in [0.1, 0.15) is 0 Å². The average Bonchev–Trinajstić information content (AvgIpc) is 2.64. The number of aromatic nitrogens is 1. The number of carbonyl (C=O) groups is 1. The first-order valence-corrected chi connectivity index (χ1v) is 4.79. The molecule has 1 heterocycles. The van der Waals surface area contributed by atoms with Crippen molar-refractivity contribution < 1.29 is 9.90 Å². The highest BCUT2D eigenvalue weighted by atomic mass is 16.4. The molecule has 0 bridgehead atoms. The number of aliphatic carboxylic acids is 1. The Morgan fingerprint density at radius 3 is 3.00 bits per heavy atom. The molecule has 14 heavy (non-hydrogen) atoms. The van der Waals surface area contributed by atoms with E-state index in [-0.39, 0.29) is 5.92 Å². The predicted molar refractivity (Wildman–Crippen MR) is 53.9 cm³/mol. The van der Waals surface area contributed by atoms with Crippen LogP contribution in [0, 0.1) is 5.92 Å². The Bertz CT molecular complexity index is 270. The van der Waals surface area contributed by atoms with Gasteiger partial charge in [-0.3, -0.25) is 4.79 Å². The van der Waals surface area contributed by atoms with Gasteiger partial charge in [-0.25, -0.2) is 0 Å². The fourth-order valence-corrected chi connectivity index (χ4v) is 1.26. The van der Waals surface area contributed by atoms with Gasteiger partial charge >= 0.3 is 5.97 Å². The first kappa shape index (κ1) is 10.8. The number of hydrogen-bond donors (Lipinski definition) is 3. The van der Waals surface area contributed by atoms with Crippen molar-refractivity contribution in [2.75, 3.05) is 6.54 Å². The second-order valence-electron chi connectivity index (χ2n) is 3.27. The lowest BCUT2D eigenvalue weighted by atomic mass is 10.1. The van der Waals surface area contributed by atoms with Gasteiger partial charge in [-0.1, -0.05) is 6.92 Å². The minimum Gasteiger partial charge on any atom is -0.481 e. The molecule has 0 aliphatic heterocycles. The Hall–Kier alpha value is -1.29. The highest BCUT2D eigenvalue weighted by Gasteiger charge is 2.13. The maximum Gasteiger partial charge on any atom is 0.307 e. The van der Waals surface area contributed by atoms with Crippen molar-refractivity contribution in [3.63, 3.8) is 0 Å². The number of hydrogen-bond acceptors (Lipinski definition) is 2. The largest absolute Gasteiger partial charge is 0.481 e. The van der Waals surface area contributed by atoms with E-state index in [2.05, 4.69) is 10.3 Å².